The summed E-state index contributed by atoms with van der Waals surface area (Å²) in [6.45, 7) is 10.4. The Kier molecular flexibility index (Phi) is 10.4. The summed E-state index contributed by atoms with van der Waals surface area (Å²) in [6.07, 6.45) is -6.90. The Labute approximate surface area is 259 Å². The van der Waals surface area contributed by atoms with Crippen LogP contribution in [0.15, 0.2) is 84.9 Å². The SMILES string of the molecule is CC(=O)O[C@@H]1[C@@H](OC(C)=O)[C@H](O)O[C@H](CO[Si](c2ccccc2)(c2ccccc2)C(C)(C)C)[C@@H]1OC(=O)c1ccc(C)cc1. The van der Waals surface area contributed by atoms with E-state index in [1.807, 2.05) is 67.6 Å². The predicted molar refractivity (Wildman–Crippen MR) is 166 cm³/mol. The molecule has 1 aliphatic heterocycles. The van der Waals surface area contributed by atoms with Crippen LogP contribution in [0.5, 0.6) is 0 Å². The van der Waals surface area contributed by atoms with E-state index in [-0.39, 0.29) is 17.2 Å². The van der Waals surface area contributed by atoms with Crippen LogP contribution < -0.4 is 10.4 Å². The molecule has 0 radical (unpaired) electrons. The summed E-state index contributed by atoms with van der Waals surface area (Å²) in [5, 5.41) is 12.7. The number of carbonyl (C=O) groups is 3. The minimum absolute atomic E-state index is 0.138. The van der Waals surface area contributed by atoms with Gasteiger partial charge in [0.25, 0.3) is 8.32 Å². The highest BCUT2D eigenvalue weighted by molar-refractivity contribution is 6.99. The molecule has 3 aromatic carbocycles. The van der Waals surface area contributed by atoms with Crippen molar-refractivity contribution in [2.45, 2.75) is 77.3 Å². The number of esters is 3. The maximum Gasteiger partial charge on any atom is 0.338 e. The van der Waals surface area contributed by atoms with Crippen LogP contribution in [-0.2, 0) is 33.0 Å². The number of aliphatic hydroxyl groups is 1. The summed E-state index contributed by atoms with van der Waals surface area (Å²) in [5.41, 5.74) is 1.22. The number of ether oxygens (including phenoxy) is 4. The molecular formula is C34H40O9Si. The Morgan fingerprint density at radius 2 is 1.25 bits per heavy atom. The monoisotopic (exact) mass is 620 g/mol. The predicted octanol–water partition coefficient (Wildman–Crippen LogP) is 3.68. The van der Waals surface area contributed by atoms with Crippen LogP contribution in [0.4, 0.5) is 0 Å². The molecule has 5 atom stereocenters. The average Bonchev–Trinajstić information content (AvgIpc) is 2.97. The van der Waals surface area contributed by atoms with Crippen molar-refractivity contribution >= 4 is 36.6 Å². The van der Waals surface area contributed by atoms with E-state index in [0.29, 0.717) is 0 Å². The first-order valence-electron chi connectivity index (χ1n) is 14.5. The van der Waals surface area contributed by atoms with Crippen molar-refractivity contribution in [2.75, 3.05) is 6.61 Å². The number of rotatable bonds is 9. The number of hydrogen-bond donors (Lipinski definition) is 1. The standard InChI is InChI=1S/C34H40O9Si/c1-22-17-19-25(20-18-22)32(37)43-29-28(42-33(38)31(41-24(3)36)30(29)40-23(2)35)21-39-44(34(4,5)6,26-13-9-7-10-14-26)27-15-11-8-12-16-27/h7-20,28-31,33,38H,21H2,1-6H3/t28-,29+,30+,31-,33-/m1/s1. The third-order valence-corrected chi connectivity index (χ3v) is 12.6. The molecule has 44 heavy (non-hydrogen) atoms. The molecule has 234 valence electrons. The van der Waals surface area contributed by atoms with Gasteiger partial charge in [-0.25, -0.2) is 4.79 Å². The maximum atomic E-state index is 13.4. The largest absolute Gasteiger partial charge is 0.454 e. The Balaban J connectivity index is 1.78. The van der Waals surface area contributed by atoms with Crippen molar-refractivity contribution in [3.63, 3.8) is 0 Å². The molecular weight excluding hydrogens is 580 g/mol. The second-order valence-corrected chi connectivity index (χ2v) is 16.2. The first kappa shape index (κ1) is 33.1. The summed E-state index contributed by atoms with van der Waals surface area (Å²) in [6, 6.07) is 26.6. The topological polar surface area (TPSA) is 118 Å². The molecule has 1 N–H and O–H groups in total. The second kappa shape index (κ2) is 13.9. The van der Waals surface area contributed by atoms with Crippen LogP contribution >= 0.6 is 0 Å². The first-order valence-corrected chi connectivity index (χ1v) is 16.4. The summed E-state index contributed by atoms with van der Waals surface area (Å²) in [4.78, 5) is 37.6. The summed E-state index contributed by atoms with van der Waals surface area (Å²) in [7, 11) is -3.09. The van der Waals surface area contributed by atoms with Crippen LogP contribution in [-0.4, -0.2) is 68.6 Å². The molecule has 4 rings (SSSR count). The number of carbonyl (C=O) groups excluding carboxylic acids is 3. The lowest BCUT2D eigenvalue weighted by atomic mass is 9.98. The van der Waals surface area contributed by atoms with E-state index in [9.17, 15) is 19.5 Å². The Morgan fingerprint density at radius 3 is 1.73 bits per heavy atom. The Bertz CT molecular complexity index is 1380. The highest BCUT2D eigenvalue weighted by atomic mass is 28.4. The fourth-order valence-electron chi connectivity index (χ4n) is 5.66. The molecule has 10 heteroatoms. The number of benzene rings is 3. The van der Waals surface area contributed by atoms with E-state index >= 15 is 0 Å². The molecule has 3 aromatic rings. The van der Waals surface area contributed by atoms with Gasteiger partial charge in [-0.1, -0.05) is 99.1 Å². The van der Waals surface area contributed by atoms with Crippen LogP contribution in [0.3, 0.4) is 0 Å². The summed E-state index contributed by atoms with van der Waals surface area (Å²) in [5.74, 6) is -2.16. The minimum Gasteiger partial charge on any atom is -0.454 e. The fourth-order valence-corrected chi connectivity index (χ4v) is 10.2. The highest BCUT2D eigenvalue weighted by Gasteiger charge is 2.55. The van der Waals surface area contributed by atoms with E-state index in [1.54, 1.807) is 24.3 Å². The quantitative estimate of drug-likeness (QED) is 0.217. The number of aliphatic hydroxyl groups excluding tert-OH is 1. The molecule has 0 spiro atoms. The summed E-state index contributed by atoms with van der Waals surface area (Å²) < 4.78 is 29.8. The van der Waals surface area contributed by atoms with Crippen molar-refractivity contribution in [3.05, 3.63) is 96.1 Å². The Hall–Kier alpha value is -3.83. The molecule has 0 unspecified atom stereocenters. The first-order chi connectivity index (χ1) is 20.8. The van der Waals surface area contributed by atoms with Crippen LogP contribution in [0.2, 0.25) is 5.04 Å². The normalized spacial score (nSPS) is 22.1. The third-order valence-electron chi connectivity index (χ3n) is 7.62. The van der Waals surface area contributed by atoms with Gasteiger partial charge in [0, 0.05) is 13.8 Å². The molecule has 0 bridgehead atoms. The molecule has 0 aliphatic carbocycles. The lowest BCUT2D eigenvalue weighted by Crippen LogP contribution is -2.68. The van der Waals surface area contributed by atoms with Gasteiger partial charge in [0.15, 0.2) is 24.6 Å². The van der Waals surface area contributed by atoms with E-state index in [4.69, 9.17) is 23.4 Å². The van der Waals surface area contributed by atoms with Crippen LogP contribution in [0.25, 0.3) is 0 Å². The Morgan fingerprint density at radius 1 is 0.750 bits per heavy atom. The van der Waals surface area contributed by atoms with Crippen molar-refractivity contribution in [1.29, 1.82) is 0 Å². The molecule has 1 fully saturated rings. The van der Waals surface area contributed by atoms with Crippen molar-refractivity contribution in [2.24, 2.45) is 0 Å². The van der Waals surface area contributed by atoms with Gasteiger partial charge in [0.05, 0.1) is 12.2 Å². The zero-order chi connectivity index (χ0) is 32.1. The van der Waals surface area contributed by atoms with Crippen molar-refractivity contribution in [3.8, 4) is 0 Å². The van der Waals surface area contributed by atoms with E-state index in [0.717, 1.165) is 22.9 Å². The van der Waals surface area contributed by atoms with Gasteiger partial charge < -0.3 is 28.5 Å². The molecule has 0 aromatic heterocycles. The lowest BCUT2D eigenvalue weighted by Gasteiger charge is -2.46. The fraction of sp³-hybridized carbons (Fsp3) is 0.382. The second-order valence-electron chi connectivity index (χ2n) is 11.9. The molecule has 1 saturated heterocycles. The minimum atomic E-state index is -3.09. The van der Waals surface area contributed by atoms with E-state index in [2.05, 4.69) is 20.8 Å². The van der Waals surface area contributed by atoms with Crippen molar-refractivity contribution in [1.82, 2.24) is 0 Å². The van der Waals surface area contributed by atoms with Crippen molar-refractivity contribution < 1.29 is 42.9 Å². The zero-order valence-corrected chi connectivity index (χ0v) is 26.9. The molecule has 1 aliphatic rings. The highest BCUT2D eigenvalue weighted by Crippen LogP contribution is 2.38. The van der Waals surface area contributed by atoms with Gasteiger partial charge in [-0.2, -0.15) is 0 Å². The van der Waals surface area contributed by atoms with Gasteiger partial charge >= 0.3 is 17.9 Å². The third kappa shape index (κ3) is 7.27. The smallest absolute Gasteiger partial charge is 0.338 e. The van der Waals surface area contributed by atoms with Crippen LogP contribution in [0, 0.1) is 6.92 Å². The van der Waals surface area contributed by atoms with Gasteiger partial charge in [0.1, 0.15) is 6.10 Å². The molecule has 0 saturated carbocycles. The van der Waals surface area contributed by atoms with Gasteiger partial charge in [-0.05, 0) is 34.5 Å². The van der Waals surface area contributed by atoms with E-state index < -0.39 is 56.9 Å². The van der Waals surface area contributed by atoms with E-state index in [1.165, 1.54) is 6.92 Å². The molecule has 9 nitrogen and oxygen atoms in total. The number of hydrogen-bond acceptors (Lipinski definition) is 9. The number of aryl methyl sites for hydroxylation is 1. The lowest BCUT2D eigenvalue weighted by molar-refractivity contribution is -0.291. The van der Waals surface area contributed by atoms with Gasteiger partial charge in [-0.15, -0.1) is 0 Å². The maximum absolute atomic E-state index is 13.4. The zero-order valence-electron chi connectivity index (χ0n) is 25.9. The average molecular weight is 621 g/mol. The van der Waals surface area contributed by atoms with Gasteiger partial charge in [0.2, 0.25) is 0 Å². The molecule has 1 heterocycles. The van der Waals surface area contributed by atoms with Gasteiger partial charge in [-0.3, -0.25) is 9.59 Å². The summed E-state index contributed by atoms with van der Waals surface area (Å²) >= 11 is 0. The van der Waals surface area contributed by atoms with Crippen LogP contribution in [0.1, 0.15) is 50.5 Å². The molecule has 0 amide bonds.